The van der Waals surface area contributed by atoms with Crippen molar-refractivity contribution in [3.8, 4) is 0 Å². The third kappa shape index (κ3) is 3.23. The molecule has 2 aliphatic heterocycles. The number of benzene rings is 1. The van der Waals surface area contributed by atoms with Crippen molar-refractivity contribution in [2.24, 2.45) is 5.92 Å². The average molecular weight is 348 g/mol. The molecule has 0 spiro atoms. The van der Waals surface area contributed by atoms with Crippen molar-refractivity contribution >= 4 is 17.9 Å². The van der Waals surface area contributed by atoms with Gasteiger partial charge < -0.3 is 10.0 Å². The number of likely N-dealkylation sites (tertiary alicyclic amines) is 1. The SMILES string of the molecule is CC1CN(C(=O)O)CCC1c1ccc([C@]2(F)CCC(=O)NC2=O)cc1. The Morgan fingerprint density at radius 3 is 2.56 bits per heavy atom. The molecular weight excluding hydrogens is 327 g/mol. The highest BCUT2D eigenvalue weighted by atomic mass is 19.1. The van der Waals surface area contributed by atoms with Crippen LogP contribution < -0.4 is 5.32 Å². The van der Waals surface area contributed by atoms with Gasteiger partial charge in [-0.3, -0.25) is 14.9 Å². The van der Waals surface area contributed by atoms with Crippen LogP contribution in [0.1, 0.15) is 43.2 Å². The zero-order valence-corrected chi connectivity index (χ0v) is 14.0. The molecule has 2 unspecified atom stereocenters. The normalized spacial score (nSPS) is 30.1. The smallest absolute Gasteiger partial charge is 0.407 e. The first-order valence-corrected chi connectivity index (χ1v) is 8.43. The fourth-order valence-corrected chi connectivity index (χ4v) is 3.77. The summed E-state index contributed by atoms with van der Waals surface area (Å²) >= 11 is 0. The molecule has 2 heterocycles. The molecule has 0 aliphatic carbocycles. The molecule has 0 saturated carbocycles. The number of piperidine rings is 2. The maximum Gasteiger partial charge on any atom is 0.407 e. The van der Waals surface area contributed by atoms with E-state index in [1.165, 1.54) is 4.90 Å². The van der Waals surface area contributed by atoms with Gasteiger partial charge >= 0.3 is 6.09 Å². The molecule has 1 aromatic carbocycles. The first-order chi connectivity index (χ1) is 11.8. The lowest BCUT2D eigenvalue weighted by Crippen LogP contribution is -2.49. The molecule has 3 amide bonds. The van der Waals surface area contributed by atoms with Crippen LogP contribution in [0.2, 0.25) is 0 Å². The predicted octanol–water partition coefficient (Wildman–Crippen LogP) is 2.39. The van der Waals surface area contributed by atoms with Crippen LogP contribution in [-0.2, 0) is 15.3 Å². The van der Waals surface area contributed by atoms with Gasteiger partial charge in [0.15, 0.2) is 0 Å². The number of hydrogen-bond donors (Lipinski definition) is 2. The lowest BCUT2D eigenvalue weighted by atomic mass is 9.80. The summed E-state index contributed by atoms with van der Waals surface area (Å²) in [6.45, 7) is 2.95. The highest BCUT2D eigenvalue weighted by molar-refractivity contribution is 6.02. The van der Waals surface area contributed by atoms with Crippen molar-refractivity contribution in [1.29, 1.82) is 0 Å². The van der Waals surface area contributed by atoms with Crippen LogP contribution in [0.3, 0.4) is 0 Å². The molecular formula is C18H21FN2O4. The summed E-state index contributed by atoms with van der Waals surface area (Å²) in [7, 11) is 0. The minimum Gasteiger partial charge on any atom is -0.465 e. The van der Waals surface area contributed by atoms with Gasteiger partial charge in [0, 0.05) is 25.9 Å². The second-order valence-corrected chi connectivity index (χ2v) is 6.90. The van der Waals surface area contributed by atoms with Gasteiger partial charge in [0.05, 0.1) is 0 Å². The monoisotopic (exact) mass is 348 g/mol. The van der Waals surface area contributed by atoms with Crippen LogP contribution in [0.25, 0.3) is 0 Å². The van der Waals surface area contributed by atoms with E-state index in [9.17, 15) is 14.4 Å². The minimum atomic E-state index is -2.18. The number of alkyl halides is 1. The second kappa shape index (κ2) is 6.46. The molecule has 25 heavy (non-hydrogen) atoms. The van der Waals surface area contributed by atoms with Gasteiger partial charge in [-0.1, -0.05) is 31.2 Å². The number of carboxylic acid groups (broad SMARTS) is 1. The van der Waals surface area contributed by atoms with E-state index in [0.29, 0.717) is 19.5 Å². The minimum absolute atomic E-state index is 0.0192. The van der Waals surface area contributed by atoms with Gasteiger partial charge in [-0.2, -0.15) is 0 Å². The summed E-state index contributed by atoms with van der Waals surface area (Å²) in [5.41, 5.74) is -0.917. The van der Waals surface area contributed by atoms with Crippen LogP contribution >= 0.6 is 0 Å². The van der Waals surface area contributed by atoms with E-state index in [2.05, 4.69) is 5.32 Å². The predicted molar refractivity (Wildman–Crippen MR) is 87.7 cm³/mol. The number of imide groups is 1. The summed E-state index contributed by atoms with van der Waals surface area (Å²) in [6.07, 6.45) is -0.361. The van der Waals surface area contributed by atoms with Gasteiger partial charge in [-0.25, -0.2) is 9.18 Å². The molecule has 134 valence electrons. The van der Waals surface area contributed by atoms with Crippen molar-refractivity contribution in [2.45, 2.75) is 37.8 Å². The fraction of sp³-hybridized carbons (Fsp3) is 0.500. The van der Waals surface area contributed by atoms with Gasteiger partial charge in [0.25, 0.3) is 5.91 Å². The Labute approximate surface area is 145 Å². The molecule has 0 radical (unpaired) electrons. The molecule has 7 heteroatoms. The Morgan fingerprint density at radius 1 is 1.32 bits per heavy atom. The third-order valence-corrected chi connectivity index (χ3v) is 5.28. The summed E-state index contributed by atoms with van der Waals surface area (Å²) in [5.74, 6) is -0.999. The van der Waals surface area contributed by atoms with Gasteiger partial charge in [-0.05, 0) is 29.4 Å². The number of carbonyl (C=O) groups is 3. The zero-order valence-electron chi connectivity index (χ0n) is 14.0. The maximum absolute atomic E-state index is 15.0. The van der Waals surface area contributed by atoms with Gasteiger partial charge in [0.2, 0.25) is 11.6 Å². The molecule has 2 saturated heterocycles. The number of nitrogens with zero attached hydrogens (tertiary/aromatic N) is 1. The third-order valence-electron chi connectivity index (χ3n) is 5.28. The molecule has 2 fully saturated rings. The summed E-state index contributed by atoms with van der Waals surface area (Å²) in [5, 5.41) is 11.1. The quantitative estimate of drug-likeness (QED) is 0.804. The van der Waals surface area contributed by atoms with E-state index in [1.54, 1.807) is 24.3 Å². The van der Waals surface area contributed by atoms with Crippen LogP contribution in [0.4, 0.5) is 9.18 Å². The van der Waals surface area contributed by atoms with Crippen molar-refractivity contribution in [3.05, 3.63) is 35.4 Å². The first-order valence-electron chi connectivity index (χ1n) is 8.43. The van der Waals surface area contributed by atoms with E-state index in [-0.39, 0.29) is 30.2 Å². The molecule has 3 rings (SSSR count). The van der Waals surface area contributed by atoms with Crippen LogP contribution in [0.5, 0.6) is 0 Å². The first kappa shape index (κ1) is 17.4. The maximum atomic E-state index is 15.0. The molecule has 0 aromatic heterocycles. The number of carbonyl (C=O) groups excluding carboxylic acids is 2. The summed E-state index contributed by atoms with van der Waals surface area (Å²) < 4.78 is 15.0. The zero-order chi connectivity index (χ0) is 18.2. The Balaban J connectivity index is 1.76. The van der Waals surface area contributed by atoms with E-state index in [0.717, 1.165) is 5.56 Å². The second-order valence-electron chi connectivity index (χ2n) is 6.90. The van der Waals surface area contributed by atoms with Crippen molar-refractivity contribution < 1.29 is 23.9 Å². The highest BCUT2D eigenvalue weighted by Crippen LogP contribution is 2.37. The average Bonchev–Trinajstić information content (AvgIpc) is 2.58. The lowest BCUT2D eigenvalue weighted by Gasteiger charge is -2.36. The molecule has 2 aliphatic rings. The number of rotatable bonds is 2. The molecule has 0 bridgehead atoms. The largest absolute Gasteiger partial charge is 0.465 e. The molecule has 6 nitrogen and oxygen atoms in total. The van der Waals surface area contributed by atoms with Crippen molar-refractivity contribution in [3.63, 3.8) is 0 Å². The van der Waals surface area contributed by atoms with Crippen LogP contribution in [-0.4, -0.2) is 41.0 Å². The number of hydrogen-bond acceptors (Lipinski definition) is 3. The van der Waals surface area contributed by atoms with Gasteiger partial charge in [-0.15, -0.1) is 0 Å². The van der Waals surface area contributed by atoms with Gasteiger partial charge in [0.1, 0.15) is 0 Å². The molecule has 1 aromatic rings. The Bertz CT molecular complexity index is 706. The Kier molecular flexibility index (Phi) is 4.49. The fourth-order valence-electron chi connectivity index (χ4n) is 3.77. The van der Waals surface area contributed by atoms with Crippen molar-refractivity contribution in [1.82, 2.24) is 10.2 Å². The summed E-state index contributed by atoms with van der Waals surface area (Å²) in [4.78, 5) is 35.6. The van der Waals surface area contributed by atoms with Crippen LogP contribution in [0.15, 0.2) is 24.3 Å². The Morgan fingerprint density at radius 2 is 2.00 bits per heavy atom. The van der Waals surface area contributed by atoms with E-state index in [1.807, 2.05) is 6.92 Å². The van der Waals surface area contributed by atoms with E-state index < -0.39 is 23.6 Å². The standard InChI is InChI=1S/C18H21FN2O4/c1-11-10-21(17(24)25)9-7-14(11)12-2-4-13(5-3-12)18(19)8-6-15(22)20-16(18)23/h2-5,11,14H,6-10H2,1H3,(H,24,25)(H,20,22,23)/t11?,14?,18-/m1/s1. The Hall–Kier alpha value is -2.44. The lowest BCUT2D eigenvalue weighted by molar-refractivity contribution is -0.144. The highest BCUT2D eigenvalue weighted by Gasteiger charge is 2.44. The summed E-state index contributed by atoms with van der Waals surface area (Å²) in [6, 6.07) is 6.80. The van der Waals surface area contributed by atoms with Crippen LogP contribution in [0, 0.1) is 5.92 Å². The van der Waals surface area contributed by atoms with Crippen molar-refractivity contribution in [2.75, 3.05) is 13.1 Å². The van der Waals surface area contributed by atoms with E-state index in [4.69, 9.17) is 5.11 Å². The number of halogens is 1. The number of amides is 3. The van der Waals surface area contributed by atoms with E-state index >= 15 is 4.39 Å². The topological polar surface area (TPSA) is 86.7 Å². The molecule has 2 N–H and O–H groups in total. The number of nitrogens with one attached hydrogen (secondary N) is 1. The molecule has 3 atom stereocenters.